The summed E-state index contributed by atoms with van der Waals surface area (Å²) < 4.78 is 18.4. The van der Waals surface area contributed by atoms with E-state index in [1.54, 1.807) is 36.7 Å². The van der Waals surface area contributed by atoms with Gasteiger partial charge in [-0.2, -0.15) is 0 Å². The van der Waals surface area contributed by atoms with Gasteiger partial charge in [0.05, 0.1) is 40.9 Å². The van der Waals surface area contributed by atoms with E-state index in [-0.39, 0.29) is 5.91 Å². The molecule has 1 amide bonds. The molecule has 0 aliphatic carbocycles. The molecule has 8 nitrogen and oxygen atoms in total. The van der Waals surface area contributed by atoms with Gasteiger partial charge in [-0.3, -0.25) is 9.78 Å². The number of hydrogen-bond acceptors (Lipinski definition) is 8. The Bertz CT molecular complexity index is 1520. The molecular formula is C26H22N4O4S. The number of aromatic nitrogens is 2. The van der Waals surface area contributed by atoms with Crippen LogP contribution in [0, 0.1) is 6.92 Å². The molecule has 9 heteroatoms. The largest absolute Gasteiger partial charge is 0.460 e. The lowest BCUT2D eigenvalue weighted by atomic mass is 10.1. The van der Waals surface area contributed by atoms with Crippen molar-refractivity contribution in [1.82, 2.24) is 9.97 Å². The number of carbonyl (C=O) groups excluding carboxylic acids is 1. The summed E-state index contributed by atoms with van der Waals surface area (Å²) in [7, 11) is 0. The Kier molecular flexibility index (Phi) is 5.55. The fraction of sp³-hybridized carbons (Fsp3) is 0.192. The van der Waals surface area contributed by atoms with Gasteiger partial charge in [-0.25, -0.2) is 4.98 Å². The predicted molar refractivity (Wildman–Crippen MR) is 136 cm³/mol. The smallest absolute Gasteiger partial charge is 0.259 e. The summed E-state index contributed by atoms with van der Waals surface area (Å²) in [5.41, 5.74) is 2.60. The van der Waals surface area contributed by atoms with Crippen LogP contribution in [0.2, 0.25) is 0 Å². The molecule has 0 bridgehead atoms. The number of aryl methyl sites for hydroxylation is 1. The Balaban J connectivity index is 1.22. The monoisotopic (exact) mass is 486 g/mol. The van der Waals surface area contributed by atoms with E-state index in [4.69, 9.17) is 13.9 Å². The van der Waals surface area contributed by atoms with Gasteiger partial charge in [0.1, 0.15) is 28.7 Å². The van der Waals surface area contributed by atoms with E-state index in [1.165, 1.54) is 0 Å². The summed E-state index contributed by atoms with van der Waals surface area (Å²) in [6.45, 7) is 4.79. The lowest BCUT2D eigenvalue weighted by molar-refractivity contribution is 0.102. The van der Waals surface area contributed by atoms with Crippen molar-refractivity contribution < 1.29 is 18.7 Å². The van der Waals surface area contributed by atoms with Crippen LogP contribution in [0.4, 0.5) is 11.5 Å². The van der Waals surface area contributed by atoms with Crippen molar-refractivity contribution in [2.24, 2.45) is 0 Å². The van der Waals surface area contributed by atoms with Crippen LogP contribution in [-0.2, 0) is 4.74 Å². The van der Waals surface area contributed by atoms with Crippen LogP contribution in [-0.4, -0.2) is 42.2 Å². The van der Waals surface area contributed by atoms with Crippen LogP contribution in [0.15, 0.2) is 64.7 Å². The van der Waals surface area contributed by atoms with Gasteiger partial charge in [0.15, 0.2) is 0 Å². The van der Waals surface area contributed by atoms with Crippen LogP contribution >= 0.6 is 11.3 Å². The van der Waals surface area contributed by atoms with E-state index in [0.29, 0.717) is 41.6 Å². The third-order valence-electron chi connectivity index (χ3n) is 5.94. The number of anilines is 2. The maximum absolute atomic E-state index is 13.1. The van der Waals surface area contributed by atoms with E-state index in [0.717, 1.165) is 40.3 Å². The van der Waals surface area contributed by atoms with Crippen molar-refractivity contribution in [3.05, 3.63) is 71.6 Å². The van der Waals surface area contributed by atoms with Crippen molar-refractivity contribution in [2.75, 3.05) is 36.5 Å². The maximum atomic E-state index is 13.1. The van der Waals surface area contributed by atoms with Gasteiger partial charge < -0.3 is 24.1 Å². The molecule has 176 valence electrons. The van der Waals surface area contributed by atoms with Crippen molar-refractivity contribution in [3.8, 4) is 11.5 Å². The second-order valence-corrected chi connectivity index (χ2v) is 9.11. The normalized spacial score (nSPS) is 13.9. The number of nitrogens with one attached hydrogen (secondary N) is 1. The van der Waals surface area contributed by atoms with Crippen LogP contribution in [0.5, 0.6) is 11.5 Å². The number of nitrogens with zero attached hydrogens (tertiary/aromatic N) is 3. The number of amides is 1. The molecule has 0 saturated carbocycles. The van der Waals surface area contributed by atoms with Crippen LogP contribution in [0.1, 0.15) is 16.1 Å². The molecule has 1 saturated heterocycles. The Morgan fingerprint density at radius 3 is 2.83 bits per heavy atom. The molecular weight excluding hydrogens is 464 g/mol. The maximum Gasteiger partial charge on any atom is 0.259 e. The molecule has 0 atom stereocenters. The van der Waals surface area contributed by atoms with Gasteiger partial charge in [-0.1, -0.05) is 0 Å². The Morgan fingerprint density at radius 2 is 2.00 bits per heavy atom. The molecule has 1 fully saturated rings. The van der Waals surface area contributed by atoms with E-state index in [2.05, 4.69) is 20.2 Å². The van der Waals surface area contributed by atoms with Gasteiger partial charge in [-0.05, 0) is 42.6 Å². The first-order chi connectivity index (χ1) is 17.2. The summed E-state index contributed by atoms with van der Waals surface area (Å²) in [4.78, 5) is 24.1. The molecule has 6 rings (SSSR count). The third kappa shape index (κ3) is 4.20. The van der Waals surface area contributed by atoms with Crippen LogP contribution in [0.25, 0.3) is 21.2 Å². The zero-order chi connectivity index (χ0) is 23.8. The summed E-state index contributed by atoms with van der Waals surface area (Å²) in [6.07, 6.45) is 3.40. The fourth-order valence-electron chi connectivity index (χ4n) is 4.23. The predicted octanol–water partition coefficient (Wildman–Crippen LogP) is 5.63. The van der Waals surface area contributed by atoms with Gasteiger partial charge in [-0.15, -0.1) is 11.3 Å². The highest BCUT2D eigenvalue weighted by Gasteiger charge is 2.20. The van der Waals surface area contributed by atoms with Crippen molar-refractivity contribution in [2.45, 2.75) is 6.92 Å². The summed E-state index contributed by atoms with van der Waals surface area (Å²) >= 11 is 1.58. The summed E-state index contributed by atoms with van der Waals surface area (Å²) in [6, 6.07) is 13.1. The molecule has 35 heavy (non-hydrogen) atoms. The first-order valence-electron chi connectivity index (χ1n) is 11.3. The minimum atomic E-state index is -0.245. The number of fused-ring (bicyclic) bond motifs is 2. The molecule has 1 N–H and O–H groups in total. The molecule has 0 spiro atoms. The second-order valence-electron chi connectivity index (χ2n) is 8.20. The molecule has 0 radical (unpaired) electrons. The first kappa shape index (κ1) is 21.6. The average molecular weight is 487 g/mol. The number of ether oxygens (including phenoxy) is 2. The Labute approximate surface area is 205 Å². The summed E-state index contributed by atoms with van der Waals surface area (Å²) in [5, 5.41) is 5.65. The number of benzene rings is 1. The zero-order valence-electron chi connectivity index (χ0n) is 19.0. The zero-order valence-corrected chi connectivity index (χ0v) is 19.8. The Morgan fingerprint density at radius 1 is 1.11 bits per heavy atom. The number of furan rings is 1. The first-order valence-corrected chi connectivity index (χ1v) is 12.2. The highest BCUT2D eigenvalue weighted by molar-refractivity contribution is 7.17. The van der Waals surface area contributed by atoms with Gasteiger partial charge in [0.2, 0.25) is 0 Å². The van der Waals surface area contributed by atoms with Crippen LogP contribution < -0.4 is 15.0 Å². The average Bonchev–Trinajstić information content (AvgIpc) is 3.49. The molecule has 4 aromatic heterocycles. The number of morpholine rings is 1. The topological polar surface area (TPSA) is 89.7 Å². The van der Waals surface area contributed by atoms with Gasteiger partial charge in [0, 0.05) is 36.8 Å². The van der Waals surface area contributed by atoms with Gasteiger partial charge in [0.25, 0.3) is 5.91 Å². The third-order valence-corrected chi connectivity index (χ3v) is 6.86. The molecule has 1 aliphatic heterocycles. The van der Waals surface area contributed by atoms with E-state index in [1.807, 2.05) is 41.8 Å². The second kappa shape index (κ2) is 9.01. The molecule has 1 aromatic carbocycles. The number of pyridine rings is 2. The van der Waals surface area contributed by atoms with E-state index >= 15 is 0 Å². The van der Waals surface area contributed by atoms with E-state index < -0.39 is 0 Å². The minimum Gasteiger partial charge on any atom is -0.460 e. The highest BCUT2D eigenvalue weighted by atomic mass is 32.1. The lowest BCUT2D eigenvalue weighted by Crippen LogP contribution is -2.36. The highest BCUT2D eigenvalue weighted by Crippen LogP contribution is 2.35. The number of carbonyl (C=O) groups is 1. The fourth-order valence-corrected chi connectivity index (χ4v) is 5.04. The summed E-state index contributed by atoms with van der Waals surface area (Å²) in [5.74, 6) is 2.53. The minimum absolute atomic E-state index is 0.245. The van der Waals surface area contributed by atoms with Crippen LogP contribution in [0.3, 0.4) is 0 Å². The van der Waals surface area contributed by atoms with Gasteiger partial charge >= 0.3 is 0 Å². The van der Waals surface area contributed by atoms with Crippen molar-refractivity contribution in [3.63, 3.8) is 0 Å². The molecule has 5 heterocycles. The molecule has 5 aromatic rings. The lowest BCUT2D eigenvalue weighted by Gasteiger charge is -2.27. The molecule has 1 aliphatic rings. The SMILES string of the molecule is Cc1oc2cc(Oc3ccnc4ccsc34)ccc2c1C(=O)Nc1ccc(N2CCOCC2)nc1. The number of rotatable bonds is 5. The standard InChI is InChI=1S/C26H22N4O4S/c1-16-24(26(31)29-17-2-5-23(28-15-17)30-9-11-32-12-10-30)19-4-3-18(14-22(19)33-16)34-21-6-8-27-20-7-13-35-25(20)21/h2-8,13-15H,9-12H2,1H3,(H,29,31). The molecule has 0 unspecified atom stereocenters. The van der Waals surface area contributed by atoms with Crippen molar-refractivity contribution >= 4 is 49.9 Å². The van der Waals surface area contributed by atoms with E-state index in [9.17, 15) is 4.79 Å². The number of thiophene rings is 1. The quantitative estimate of drug-likeness (QED) is 0.344. The van der Waals surface area contributed by atoms with Crippen molar-refractivity contribution in [1.29, 1.82) is 0 Å². The Hall–Kier alpha value is -3.95. The number of hydrogen-bond donors (Lipinski definition) is 1.